The minimum Gasteiger partial charge on any atom is -0.481 e. The number of rotatable bonds is 6. The van der Waals surface area contributed by atoms with Gasteiger partial charge in [-0.15, -0.1) is 0 Å². The number of anilines is 1. The molecule has 5 nitrogen and oxygen atoms in total. The van der Waals surface area contributed by atoms with Crippen LogP contribution in [0.2, 0.25) is 0 Å². The first-order valence-electron chi connectivity index (χ1n) is 9.78. The van der Waals surface area contributed by atoms with Crippen molar-refractivity contribution in [2.45, 2.75) is 20.0 Å². The van der Waals surface area contributed by atoms with Crippen LogP contribution in [-0.2, 0) is 4.79 Å². The van der Waals surface area contributed by atoms with Gasteiger partial charge in [-0.1, -0.05) is 42.0 Å². The van der Waals surface area contributed by atoms with E-state index in [1.807, 2.05) is 19.1 Å². The molecule has 31 heavy (non-hydrogen) atoms. The molecule has 6 heteroatoms. The molecule has 1 atom stereocenters. The summed E-state index contributed by atoms with van der Waals surface area (Å²) < 4.78 is 24.5. The highest BCUT2D eigenvalue weighted by Gasteiger charge is 2.25. The summed E-state index contributed by atoms with van der Waals surface area (Å²) >= 11 is 0. The molecule has 1 amide bonds. The Labute approximate surface area is 178 Å². The molecule has 0 aliphatic heterocycles. The lowest BCUT2D eigenvalue weighted by Crippen LogP contribution is -2.30. The average Bonchev–Trinajstić information content (AvgIpc) is 3.13. The van der Waals surface area contributed by atoms with Crippen LogP contribution in [0.5, 0.6) is 5.75 Å². The molecule has 0 unspecified atom stereocenters. The molecular formula is C25H20FNO4. The van der Waals surface area contributed by atoms with Crippen molar-refractivity contribution in [3.05, 3.63) is 95.5 Å². The van der Waals surface area contributed by atoms with Gasteiger partial charge in [0.05, 0.1) is 5.69 Å². The molecule has 4 rings (SSSR count). The molecule has 1 aromatic heterocycles. The summed E-state index contributed by atoms with van der Waals surface area (Å²) in [5.74, 6) is -0.787. The van der Waals surface area contributed by atoms with Crippen LogP contribution in [0.3, 0.4) is 0 Å². The van der Waals surface area contributed by atoms with Gasteiger partial charge < -0.3 is 14.5 Å². The molecule has 0 spiro atoms. The van der Waals surface area contributed by atoms with Crippen LogP contribution in [0.1, 0.15) is 28.6 Å². The first-order chi connectivity index (χ1) is 14.9. The van der Waals surface area contributed by atoms with E-state index in [-0.39, 0.29) is 11.5 Å². The monoisotopic (exact) mass is 417 g/mol. The lowest BCUT2D eigenvalue weighted by atomic mass is 10.1. The second-order valence-electron chi connectivity index (χ2n) is 7.20. The normalized spacial score (nSPS) is 11.8. The minimum absolute atomic E-state index is 0.0485. The first-order valence-corrected chi connectivity index (χ1v) is 9.78. The Hall–Kier alpha value is -3.93. The van der Waals surface area contributed by atoms with E-state index in [0.29, 0.717) is 28.0 Å². The lowest BCUT2D eigenvalue weighted by Gasteiger charge is -2.15. The third-order valence-corrected chi connectivity index (χ3v) is 4.86. The van der Waals surface area contributed by atoms with E-state index in [9.17, 15) is 14.0 Å². The molecule has 0 saturated carbocycles. The molecule has 1 N–H and O–H groups in total. The second-order valence-corrected chi connectivity index (χ2v) is 7.20. The second kappa shape index (κ2) is 8.44. The number of halogens is 1. The number of amides is 1. The smallest absolute Gasteiger partial charge is 0.265 e. The van der Waals surface area contributed by atoms with Gasteiger partial charge >= 0.3 is 0 Å². The molecule has 4 aromatic rings. The van der Waals surface area contributed by atoms with E-state index in [2.05, 4.69) is 5.32 Å². The maximum atomic E-state index is 13.1. The molecule has 0 fully saturated rings. The number of para-hydroxylation sites is 1. The maximum absolute atomic E-state index is 13.1. The number of aryl methyl sites for hydroxylation is 1. The van der Waals surface area contributed by atoms with Gasteiger partial charge in [-0.3, -0.25) is 9.59 Å². The van der Waals surface area contributed by atoms with Crippen molar-refractivity contribution in [1.82, 2.24) is 0 Å². The summed E-state index contributed by atoms with van der Waals surface area (Å²) in [6.07, 6.45) is -0.888. The fraction of sp³-hybridized carbons (Fsp3) is 0.120. The highest BCUT2D eigenvalue weighted by molar-refractivity contribution is 6.17. The molecule has 0 bridgehead atoms. The fourth-order valence-corrected chi connectivity index (χ4v) is 3.16. The van der Waals surface area contributed by atoms with Gasteiger partial charge in [-0.05, 0) is 50.2 Å². The van der Waals surface area contributed by atoms with Crippen molar-refractivity contribution in [2.75, 3.05) is 5.32 Å². The predicted octanol–water partition coefficient (Wildman–Crippen LogP) is 5.52. The number of fused-ring (bicyclic) bond motifs is 1. The van der Waals surface area contributed by atoms with Crippen LogP contribution in [0, 0.1) is 12.7 Å². The summed E-state index contributed by atoms with van der Waals surface area (Å²) in [7, 11) is 0. The van der Waals surface area contributed by atoms with Crippen molar-refractivity contribution >= 4 is 28.3 Å². The van der Waals surface area contributed by atoms with E-state index in [4.69, 9.17) is 9.15 Å². The van der Waals surface area contributed by atoms with E-state index in [1.54, 1.807) is 43.3 Å². The summed E-state index contributed by atoms with van der Waals surface area (Å²) in [6, 6.07) is 19.6. The summed E-state index contributed by atoms with van der Waals surface area (Å²) in [6.45, 7) is 3.51. The number of hydrogen-bond donors (Lipinski definition) is 1. The van der Waals surface area contributed by atoms with Crippen molar-refractivity contribution in [3.63, 3.8) is 0 Å². The average molecular weight is 417 g/mol. The predicted molar refractivity (Wildman–Crippen MR) is 116 cm³/mol. The number of ether oxygens (including phenoxy) is 1. The van der Waals surface area contributed by atoms with Crippen LogP contribution < -0.4 is 10.1 Å². The largest absolute Gasteiger partial charge is 0.481 e. The van der Waals surface area contributed by atoms with Crippen LogP contribution >= 0.6 is 0 Å². The third-order valence-electron chi connectivity index (χ3n) is 4.86. The van der Waals surface area contributed by atoms with Crippen LogP contribution in [0.15, 0.2) is 77.2 Å². The summed E-state index contributed by atoms with van der Waals surface area (Å²) in [4.78, 5) is 25.9. The van der Waals surface area contributed by atoms with Crippen molar-refractivity contribution in [1.29, 1.82) is 0 Å². The number of benzene rings is 3. The van der Waals surface area contributed by atoms with E-state index >= 15 is 0 Å². The first kappa shape index (κ1) is 20.3. The quantitative estimate of drug-likeness (QED) is 0.420. The van der Waals surface area contributed by atoms with Gasteiger partial charge in [0.1, 0.15) is 17.1 Å². The van der Waals surface area contributed by atoms with Crippen LogP contribution in [0.25, 0.3) is 11.0 Å². The number of carbonyl (C=O) groups excluding carboxylic acids is 2. The number of hydrogen-bond acceptors (Lipinski definition) is 4. The van der Waals surface area contributed by atoms with E-state index in [0.717, 1.165) is 5.56 Å². The molecule has 0 aliphatic rings. The van der Waals surface area contributed by atoms with Crippen LogP contribution in [0.4, 0.5) is 10.1 Å². The van der Waals surface area contributed by atoms with Gasteiger partial charge in [-0.2, -0.15) is 0 Å². The lowest BCUT2D eigenvalue weighted by molar-refractivity contribution is -0.122. The Balaban J connectivity index is 1.63. The van der Waals surface area contributed by atoms with Gasteiger partial charge in [0.2, 0.25) is 5.78 Å². The Morgan fingerprint density at radius 3 is 2.35 bits per heavy atom. The van der Waals surface area contributed by atoms with Crippen molar-refractivity contribution < 1.29 is 23.1 Å². The van der Waals surface area contributed by atoms with Crippen molar-refractivity contribution in [2.24, 2.45) is 0 Å². The topological polar surface area (TPSA) is 68.5 Å². The summed E-state index contributed by atoms with van der Waals surface area (Å²) in [5.41, 5.74) is 2.26. The van der Waals surface area contributed by atoms with Gasteiger partial charge in [-0.25, -0.2) is 4.39 Å². The Bertz CT molecular complexity index is 1240. The highest BCUT2D eigenvalue weighted by Crippen LogP contribution is 2.33. The van der Waals surface area contributed by atoms with Crippen molar-refractivity contribution in [3.8, 4) is 5.75 Å². The number of nitrogens with one attached hydrogen (secondary N) is 1. The molecule has 1 heterocycles. The molecule has 0 radical (unpaired) electrons. The number of carbonyl (C=O) groups is 2. The fourth-order valence-electron chi connectivity index (χ4n) is 3.16. The van der Waals surface area contributed by atoms with Crippen LogP contribution in [-0.4, -0.2) is 17.8 Å². The molecular weight excluding hydrogens is 397 g/mol. The zero-order chi connectivity index (χ0) is 22.0. The van der Waals surface area contributed by atoms with Gasteiger partial charge in [0, 0.05) is 10.9 Å². The SMILES string of the molecule is Cc1ccc(C(=O)c2oc3ccccc3c2NC(=O)[C@@H](C)Oc2ccc(F)cc2)cc1. The standard InChI is InChI=1S/C25H20FNO4/c1-15-7-9-17(10-8-15)23(28)24-22(20-5-3-4-6-21(20)31-24)27-25(29)16(2)30-19-13-11-18(26)12-14-19/h3-14,16H,1-2H3,(H,27,29)/t16-/m1/s1. The molecule has 0 aliphatic carbocycles. The van der Waals surface area contributed by atoms with E-state index in [1.165, 1.54) is 24.3 Å². The highest BCUT2D eigenvalue weighted by atomic mass is 19.1. The maximum Gasteiger partial charge on any atom is 0.265 e. The Kier molecular flexibility index (Phi) is 5.54. The number of ketones is 1. The zero-order valence-corrected chi connectivity index (χ0v) is 17.0. The van der Waals surface area contributed by atoms with Gasteiger partial charge in [0.25, 0.3) is 5.91 Å². The zero-order valence-electron chi connectivity index (χ0n) is 17.0. The van der Waals surface area contributed by atoms with E-state index < -0.39 is 17.8 Å². The third kappa shape index (κ3) is 4.33. The number of furan rings is 1. The minimum atomic E-state index is -0.888. The Morgan fingerprint density at radius 2 is 1.65 bits per heavy atom. The molecule has 156 valence electrons. The Morgan fingerprint density at radius 1 is 0.968 bits per heavy atom. The van der Waals surface area contributed by atoms with Gasteiger partial charge in [0.15, 0.2) is 11.9 Å². The summed E-state index contributed by atoms with van der Waals surface area (Å²) in [5, 5.41) is 3.39. The molecule has 3 aromatic carbocycles. The molecule has 0 saturated heterocycles.